The van der Waals surface area contributed by atoms with Crippen LogP contribution in [0.2, 0.25) is 0 Å². The van der Waals surface area contributed by atoms with Crippen LogP contribution in [-0.4, -0.2) is 50.8 Å². The third-order valence-corrected chi connectivity index (χ3v) is 6.70. The lowest BCUT2D eigenvalue weighted by atomic mass is 10.1. The first-order valence-electron chi connectivity index (χ1n) is 13.8. The van der Waals surface area contributed by atoms with E-state index >= 15 is 0 Å². The predicted molar refractivity (Wildman–Crippen MR) is 160 cm³/mol. The monoisotopic (exact) mass is 567 g/mol. The Labute approximate surface area is 244 Å². The Balaban J connectivity index is 1.31. The second-order valence-electron chi connectivity index (χ2n) is 9.77. The third kappa shape index (κ3) is 7.19. The maximum atomic E-state index is 11.6. The lowest BCUT2D eigenvalue weighted by Crippen LogP contribution is -2.24. The average Bonchev–Trinajstić information content (AvgIpc) is 3.85. The summed E-state index contributed by atoms with van der Waals surface area (Å²) >= 11 is 0. The van der Waals surface area contributed by atoms with Gasteiger partial charge in [-0.1, -0.05) is 12.1 Å². The number of ether oxygens (including phenoxy) is 4. The number of pyridine rings is 1. The molecule has 0 saturated heterocycles. The van der Waals surface area contributed by atoms with Crippen LogP contribution in [0.1, 0.15) is 24.8 Å². The maximum absolute atomic E-state index is 11.6. The van der Waals surface area contributed by atoms with E-state index in [4.69, 9.17) is 18.9 Å². The standard InChI is InChI=1S/C32H33N5O5/c1-34-31(38)20-41-27-6-3-4-7-28(27)42-24-12-10-23(11-13-24)37-32-21(18-33)19-36-26-17-30(29(39-2)16-25(26)32)40-15-5-14-35-22-8-9-22/h3-4,6-7,10-13,16-17,19,22,35H,5,8-9,14-15,20H2,1-2H3,(H,34,38)(H,36,37). The number of hydrogen-bond acceptors (Lipinski definition) is 9. The summed E-state index contributed by atoms with van der Waals surface area (Å²) in [5, 5.41) is 19.9. The van der Waals surface area contributed by atoms with E-state index < -0.39 is 0 Å². The second kappa shape index (κ2) is 13.6. The molecule has 1 saturated carbocycles. The minimum atomic E-state index is -0.237. The van der Waals surface area contributed by atoms with E-state index in [1.165, 1.54) is 12.8 Å². The molecule has 42 heavy (non-hydrogen) atoms. The van der Waals surface area contributed by atoms with Gasteiger partial charge in [0.05, 0.1) is 30.5 Å². The molecule has 216 valence electrons. The fraction of sp³-hybridized carbons (Fsp3) is 0.281. The highest BCUT2D eigenvalue weighted by molar-refractivity contribution is 5.97. The van der Waals surface area contributed by atoms with E-state index in [1.807, 2.05) is 36.4 Å². The summed E-state index contributed by atoms with van der Waals surface area (Å²) in [6, 6.07) is 21.0. The Kier molecular flexibility index (Phi) is 9.21. The van der Waals surface area contributed by atoms with E-state index in [0.717, 1.165) is 24.0 Å². The molecule has 1 amide bonds. The molecule has 1 fully saturated rings. The summed E-state index contributed by atoms with van der Waals surface area (Å²) in [5.41, 5.74) is 2.43. The van der Waals surface area contributed by atoms with Gasteiger partial charge in [0, 0.05) is 36.4 Å². The number of anilines is 2. The quantitative estimate of drug-likeness (QED) is 0.174. The Hall–Kier alpha value is -5.01. The van der Waals surface area contributed by atoms with Crippen LogP contribution in [-0.2, 0) is 4.79 Å². The largest absolute Gasteiger partial charge is 0.493 e. The number of nitriles is 1. The number of hydrogen-bond donors (Lipinski definition) is 3. The number of rotatable bonds is 14. The zero-order valence-corrected chi connectivity index (χ0v) is 23.6. The Morgan fingerprint density at radius 2 is 1.81 bits per heavy atom. The summed E-state index contributed by atoms with van der Waals surface area (Å²) in [6.45, 7) is 1.36. The number of carbonyl (C=O) groups excluding carboxylic acids is 1. The van der Waals surface area contributed by atoms with Crippen LogP contribution < -0.4 is 34.9 Å². The van der Waals surface area contributed by atoms with Crippen molar-refractivity contribution in [1.82, 2.24) is 15.6 Å². The van der Waals surface area contributed by atoms with Gasteiger partial charge in [-0.2, -0.15) is 5.26 Å². The van der Waals surface area contributed by atoms with E-state index in [9.17, 15) is 10.1 Å². The fourth-order valence-corrected chi connectivity index (χ4v) is 4.29. The highest BCUT2D eigenvalue weighted by atomic mass is 16.5. The van der Waals surface area contributed by atoms with Crippen LogP contribution in [0.3, 0.4) is 0 Å². The zero-order valence-electron chi connectivity index (χ0n) is 23.6. The number of aromatic nitrogens is 1. The number of methoxy groups -OCH3 is 1. The molecule has 0 aliphatic heterocycles. The van der Waals surface area contributed by atoms with Gasteiger partial charge in [0.1, 0.15) is 11.8 Å². The highest BCUT2D eigenvalue weighted by Crippen LogP contribution is 2.38. The number of para-hydroxylation sites is 2. The van der Waals surface area contributed by atoms with Crippen molar-refractivity contribution in [3.63, 3.8) is 0 Å². The van der Waals surface area contributed by atoms with Gasteiger partial charge >= 0.3 is 0 Å². The minimum absolute atomic E-state index is 0.114. The molecule has 10 nitrogen and oxygen atoms in total. The second-order valence-corrected chi connectivity index (χ2v) is 9.77. The SMILES string of the molecule is CNC(=O)COc1ccccc1Oc1ccc(Nc2c(C#N)cnc3cc(OCCCNC4CC4)c(OC)cc23)cc1. The van der Waals surface area contributed by atoms with Gasteiger partial charge in [0.15, 0.2) is 29.6 Å². The number of benzene rings is 3. The molecule has 10 heteroatoms. The van der Waals surface area contributed by atoms with Crippen molar-refractivity contribution < 1.29 is 23.7 Å². The topological polar surface area (TPSA) is 127 Å². The molecule has 1 aliphatic carbocycles. The van der Waals surface area contributed by atoms with Crippen molar-refractivity contribution >= 4 is 28.2 Å². The highest BCUT2D eigenvalue weighted by Gasteiger charge is 2.20. The lowest BCUT2D eigenvalue weighted by molar-refractivity contribution is -0.122. The number of fused-ring (bicyclic) bond motifs is 1. The van der Waals surface area contributed by atoms with Crippen LogP contribution in [0.4, 0.5) is 11.4 Å². The normalized spacial score (nSPS) is 12.3. The first-order valence-corrected chi connectivity index (χ1v) is 13.8. The van der Waals surface area contributed by atoms with Crippen molar-refractivity contribution in [3.05, 3.63) is 72.4 Å². The fourth-order valence-electron chi connectivity index (χ4n) is 4.29. The molecule has 5 rings (SSSR count). The molecule has 0 radical (unpaired) electrons. The van der Waals surface area contributed by atoms with E-state index in [0.29, 0.717) is 58.2 Å². The molecule has 1 heterocycles. The smallest absolute Gasteiger partial charge is 0.257 e. The van der Waals surface area contributed by atoms with Gasteiger partial charge in [0.2, 0.25) is 0 Å². The number of likely N-dealkylation sites (N-methyl/N-ethyl adjacent to an activating group) is 1. The molecule has 0 atom stereocenters. The van der Waals surface area contributed by atoms with Gasteiger partial charge < -0.3 is 34.9 Å². The van der Waals surface area contributed by atoms with Crippen LogP contribution in [0.15, 0.2) is 66.9 Å². The Morgan fingerprint density at radius 1 is 1.02 bits per heavy atom. The molecule has 1 aliphatic rings. The van der Waals surface area contributed by atoms with Crippen molar-refractivity contribution in [1.29, 1.82) is 5.26 Å². The van der Waals surface area contributed by atoms with E-state index in [-0.39, 0.29) is 12.5 Å². The number of carbonyl (C=O) groups is 1. The molecule has 0 spiro atoms. The third-order valence-electron chi connectivity index (χ3n) is 6.70. The molecule has 4 aromatic rings. The molecule has 0 bridgehead atoms. The van der Waals surface area contributed by atoms with Crippen molar-refractivity contribution in [3.8, 4) is 34.8 Å². The number of nitrogens with one attached hydrogen (secondary N) is 3. The maximum Gasteiger partial charge on any atom is 0.257 e. The summed E-state index contributed by atoms with van der Waals surface area (Å²) in [5.74, 6) is 2.46. The van der Waals surface area contributed by atoms with Gasteiger partial charge in [-0.25, -0.2) is 0 Å². The predicted octanol–water partition coefficient (Wildman–Crippen LogP) is 5.30. The van der Waals surface area contributed by atoms with E-state index in [2.05, 4.69) is 27.0 Å². The molecule has 0 unspecified atom stereocenters. The van der Waals surface area contributed by atoms with Crippen LogP contribution in [0.5, 0.6) is 28.7 Å². The van der Waals surface area contributed by atoms with Crippen molar-refractivity contribution in [2.75, 3.05) is 39.2 Å². The van der Waals surface area contributed by atoms with Crippen LogP contribution >= 0.6 is 0 Å². The molecular formula is C32H33N5O5. The first kappa shape index (κ1) is 28.5. The summed E-state index contributed by atoms with van der Waals surface area (Å²) in [4.78, 5) is 16.1. The molecule has 3 aromatic carbocycles. The minimum Gasteiger partial charge on any atom is -0.493 e. The summed E-state index contributed by atoms with van der Waals surface area (Å²) in [6.07, 6.45) is 4.96. The molecule has 3 N–H and O–H groups in total. The number of amides is 1. The average molecular weight is 568 g/mol. The van der Waals surface area contributed by atoms with Gasteiger partial charge in [-0.15, -0.1) is 0 Å². The molecule has 1 aromatic heterocycles. The lowest BCUT2D eigenvalue weighted by Gasteiger charge is -2.16. The molecular weight excluding hydrogens is 534 g/mol. The van der Waals surface area contributed by atoms with Crippen LogP contribution in [0.25, 0.3) is 10.9 Å². The number of nitrogens with zero attached hydrogens (tertiary/aromatic N) is 2. The van der Waals surface area contributed by atoms with Crippen LogP contribution in [0, 0.1) is 11.3 Å². The Morgan fingerprint density at radius 3 is 2.52 bits per heavy atom. The van der Waals surface area contributed by atoms with Crippen molar-refractivity contribution in [2.24, 2.45) is 0 Å². The van der Waals surface area contributed by atoms with E-state index in [1.54, 1.807) is 44.6 Å². The summed E-state index contributed by atoms with van der Waals surface area (Å²) in [7, 11) is 3.15. The van der Waals surface area contributed by atoms with Gasteiger partial charge in [-0.3, -0.25) is 9.78 Å². The first-order chi connectivity index (χ1) is 20.6. The van der Waals surface area contributed by atoms with Gasteiger partial charge in [0.25, 0.3) is 5.91 Å². The van der Waals surface area contributed by atoms with Gasteiger partial charge in [-0.05, 0) is 68.3 Å². The van der Waals surface area contributed by atoms with Crippen molar-refractivity contribution in [2.45, 2.75) is 25.3 Å². The summed E-state index contributed by atoms with van der Waals surface area (Å²) < 4.78 is 23.3. The Bertz CT molecular complexity index is 1580. The zero-order chi connectivity index (χ0) is 29.3.